The van der Waals surface area contributed by atoms with Gasteiger partial charge in [-0.1, -0.05) is 62.0 Å². The van der Waals surface area contributed by atoms with Crippen LogP contribution in [0.2, 0.25) is 0 Å². The molecule has 1 aliphatic heterocycles. The molecule has 1 fully saturated rings. The number of rotatable bonds is 7. The van der Waals surface area contributed by atoms with E-state index in [0.29, 0.717) is 27.8 Å². The Bertz CT molecular complexity index is 1810. The van der Waals surface area contributed by atoms with Gasteiger partial charge in [-0.25, -0.2) is 14.5 Å². The molecule has 2 amide bonds. The number of aromatic nitrogens is 3. The number of thioether (sulfide) groups is 1. The maximum atomic E-state index is 12.9. The Hall–Kier alpha value is -4.76. The highest BCUT2D eigenvalue weighted by atomic mass is 32.2. The van der Waals surface area contributed by atoms with Crippen molar-refractivity contribution in [2.75, 3.05) is 10.7 Å². The number of hydrogen-bond acceptors (Lipinski definition) is 6. The molecule has 238 valence electrons. The average Bonchev–Trinajstić information content (AvgIpc) is 3.63. The number of hydrogen-bond donors (Lipinski definition) is 3. The van der Waals surface area contributed by atoms with Crippen LogP contribution in [0.5, 0.6) is 0 Å². The standard InChI is InChI=1S/C31H28F3N7O3S2/c1-17(2)23-13-4-18(3)14-24(23)41-25(42)15-46-29(41)38-28(45)36-27(37-30(43)44)20-7-5-19(6-8-20)26-35-16-40(39-26)22-11-9-21(10-12-22)31(32,33)34/h4-14,16-17,27,37H,15H2,1-3H3,(H,36,45)(H,43,44). The predicted octanol–water partition coefficient (Wildman–Crippen LogP) is 6.66. The normalized spacial score (nSPS) is 15.0. The summed E-state index contributed by atoms with van der Waals surface area (Å²) in [5, 5.41) is 19.5. The van der Waals surface area contributed by atoms with Gasteiger partial charge in [0.25, 0.3) is 0 Å². The quantitative estimate of drug-likeness (QED) is 0.148. The fourth-order valence-corrected chi connectivity index (χ4v) is 5.86. The molecule has 10 nitrogen and oxygen atoms in total. The number of aliphatic imine (C=N–C) groups is 1. The number of carbonyl (C=O) groups is 2. The Balaban J connectivity index is 1.34. The fraction of sp³-hybridized carbons (Fsp3) is 0.226. The minimum atomic E-state index is -4.44. The predicted molar refractivity (Wildman–Crippen MR) is 174 cm³/mol. The molecule has 1 unspecified atom stereocenters. The second kappa shape index (κ2) is 13.3. The van der Waals surface area contributed by atoms with Crippen LogP contribution in [0.25, 0.3) is 17.1 Å². The molecule has 0 aliphatic carbocycles. The summed E-state index contributed by atoms with van der Waals surface area (Å²) < 4.78 is 40.1. The Morgan fingerprint density at radius 1 is 1.07 bits per heavy atom. The van der Waals surface area contributed by atoms with Crippen molar-refractivity contribution >= 4 is 51.9 Å². The fourth-order valence-electron chi connectivity index (χ4n) is 4.73. The van der Waals surface area contributed by atoms with E-state index in [9.17, 15) is 27.9 Å². The molecule has 5 rings (SSSR count). The minimum Gasteiger partial charge on any atom is -0.465 e. The molecule has 4 aromatic rings. The molecule has 2 heterocycles. The minimum absolute atomic E-state index is 0.0271. The number of benzene rings is 3. The van der Waals surface area contributed by atoms with Gasteiger partial charge in [0.15, 0.2) is 16.1 Å². The first-order valence-corrected chi connectivity index (χ1v) is 15.3. The summed E-state index contributed by atoms with van der Waals surface area (Å²) in [6.07, 6.45) is -5.35. The summed E-state index contributed by atoms with van der Waals surface area (Å²) >= 11 is 6.73. The highest BCUT2D eigenvalue weighted by Gasteiger charge is 2.33. The van der Waals surface area contributed by atoms with E-state index in [1.54, 1.807) is 29.2 Å². The van der Waals surface area contributed by atoms with Gasteiger partial charge in [0.05, 0.1) is 22.7 Å². The molecule has 15 heteroatoms. The van der Waals surface area contributed by atoms with Gasteiger partial charge in [0.2, 0.25) is 5.91 Å². The van der Waals surface area contributed by atoms with Crippen LogP contribution in [-0.4, -0.2) is 47.9 Å². The van der Waals surface area contributed by atoms with E-state index in [4.69, 9.17) is 12.2 Å². The molecule has 1 atom stereocenters. The van der Waals surface area contributed by atoms with Crippen LogP contribution < -0.4 is 15.5 Å². The molecule has 46 heavy (non-hydrogen) atoms. The first-order chi connectivity index (χ1) is 21.8. The number of amides is 2. The van der Waals surface area contributed by atoms with Crippen molar-refractivity contribution in [3.8, 4) is 17.1 Å². The highest BCUT2D eigenvalue weighted by molar-refractivity contribution is 8.15. The van der Waals surface area contributed by atoms with Gasteiger partial charge in [-0.05, 0) is 72.1 Å². The van der Waals surface area contributed by atoms with Crippen molar-refractivity contribution in [2.24, 2.45) is 4.99 Å². The number of amidine groups is 1. The lowest BCUT2D eigenvalue weighted by atomic mass is 9.99. The van der Waals surface area contributed by atoms with Crippen molar-refractivity contribution in [3.05, 3.63) is 95.3 Å². The van der Waals surface area contributed by atoms with Crippen LogP contribution in [-0.2, 0) is 11.0 Å². The van der Waals surface area contributed by atoms with E-state index in [2.05, 4.69) is 25.7 Å². The number of aryl methyl sites for hydroxylation is 1. The lowest BCUT2D eigenvalue weighted by Gasteiger charge is -2.23. The largest absolute Gasteiger partial charge is 0.465 e. The number of carbonyl (C=O) groups excluding carboxylic acids is 1. The van der Waals surface area contributed by atoms with Crippen LogP contribution in [0.1, 0.15) is 48.2 Å². The van der Waals surface area contributed by atoms with Crippen LogP contribution in [0.15, 0.2) is 78.0 Å². The van der Waals surface area contributed by atoms with Crippen LogP contribution in [0, 0.1) is 6.92 Å². The van der Waals surface area contributed by atoms with Crippen molar-refractivity contribution in [1.82, 2.24) is 25.4 Å². The number of thiocarbonyl (C=S) groups is 1. The Kier molecular flexibility index (Phi) is 9.44. The zero-order valence-corrected chi connectivity index (χ0v) is 26.4. The van der Waals surface area contributed by atoms with Gasteiger partial charge < -0.3 is 10.4 Å². The number of halogens is 3. The zero-order valence-electron chi connectivity index (χ0n) is 24.7. The summed E-state index contributed by atoms with van der Waals surface area (Å²) in [6.45, 7) is 6.03. The molecule has 3 N–H and O–H groups in total. The first-order valence-electron chi connectivity index (χ1n) is 13.9. The lowest BCUT2D eigenvalue weighted by Crippen LogP contribution is -2.40. The highest BCUT2D eigenvalue weighted by Crippen LogP contribution is 2.34. The number of carboxylic acid groups (broad SMARTS) is 1. The van der Waals surface area contributed by atoms with Gasteiger partial charge in [-0.15, -0.1) is 5.10 Å². The number of anilines is 1. The molecular formula is C31H28F3N7O3S2. The van der Waals surface area contributed by atoms with Gasteiger partial charge >= 0.3 is 12.3 Å². The third-order valence-corrected chi connectivity index (χ3v) is 8.13. The van der Waals surface area contributed by atoms with E-state index in [0.717, 1.165) is 28.9 Å². The van der Waals surface area contributed by atoms with Gasteiger partial charge in [-0.3, -0.25) is 15.0 Å². The number of alkyl halides is 3. The molecule has 1 aromatic heterocycles. The summed E-state index contributed by atoms with van der Waals surface area (Å²) in [4.78, 5) is 34.9. The molecule has 0 radical (unpaired) electrons. The smallest absolute Gasteiger partial charge is 0.416 e. The van der Waals surface area contributed by atoms with Crippen molar-refractivity contribution in [2.45, 2.75) is 39.0 Å². The molecule has 1 aliphatic rings. The molecule has 0 saturated carbocycles. The summed E-state index contributed by atoms with van der Waals surface area (Å²) in [7, 11) is 0. The maximum absolute atomic E-state index is 12.9. The Morgan fingerprint density at radius 3 is 2.39 bits per heavy atom. The topological polar surface area (TPSA) is 125 Å². The van der Waals surface area contributed by atoms with Crippen LogP contribution >= 0.6 is 24.0 Å². The third-order valence-electron chi connectivity index (χ3n) is 7.00. The second-order valence-electron chi connectivity index (χ2n) is 10.6. The monoisotopic (exact) mass is 667 g/mol. The lowest BCUT2D eigenvalue weighted by molar-refractivity contribution is -0.137. The summed E-state index contributed by atoms with van der Waals surface area (Å²) in [5.74, 6) is 0.517. The number of nitrogens with one attached hydrogen (secondary N) is 2. The maximum Gasteiger partial charge on any atom is 0.416 e. The van der Waals surface area contributed by atoms with E-state index < -0.39 is 24.0 Å². The Labute approximate surface area is 271 Å². The molecule has 3 aromatic carbocycles. The number of nitrogens with zero attached hydrogens (tertiary/aromatic N) is 5. The van der Waals surface area contributed by atoms with E-state index in [1.165, 1.54) is 34.9 Å². The van der Waals surface area contributed by atoms with E-state index in [-0.39, 0.29) is 22.7 Å². The second-order valence-corrected chi connectivity index (χ2v) is 12.0. The van der Waals surface area contributed by atoms with Crippen molar-refractivity contribution in [1.29, 1.82) is 0 Å². The van der Waals surface area contributed by atoms with Gasteiger partial charge in [-0.2, -0.15) is 18.2 Å². The third kappa shape index (κ3) is 7.37. The summed E-state index contributed by atoms with van der Waals surface area (Å²) in [5.41, 5.74) is 3.42. The van der Waals surface area contributed by atoms with Crippen LogP contribution in [0.4, 0.5) is 23.7 Å². The molecular weight excluding hydrogens is 640 g/mol. The van der Waals surface area contributed by atoms with Crippen LogP contribution in [0.3, 0.4) is 0 Å². The molecule has 0 spiro atoms. The average molecular weight is 668 g/mol. The Morgan fingerprint density at radius 2 is 1.76 bits per heavy atom. The SMILES string of the molecule is Cc1ccc(C(C)C)c(N2C(=O)CSC2=NC(=S)NC(NC(=O)O)c2ccc(-c3ncn(-c4ccc(C(F)(F)F)cc4)n3)cc2)c1. The molecule has 0 bridgehead atoms. The van der Waals surface area contributed by atoms with E-state index in [1.807, 2.05) is 39.0 Å². The van der Waals surface area contributed by atoms with E-state index >= 15 is 0 Å². The summed E-state index contributed by atoms with van der Waals surface area (Å²) in [6, 6.07) is 17.1. The van der Waals surface area contributed by atoms with Crippen molar-refractivity contribution in [3.63, 3.8) is 0 Å². The molecule has 1 saturated heterocycles. The van der Waals surface area contributed by atoms with Crippen molar-refractivity contribution < 1.29 is 27.9 Å². The zero-order chi connectivity index (χ0) is 33.2. The first kappa shape index (κ1) is 32.6. The van der Waals surface area contributed by atoms with Gasteiger partial charge in [0, 0.05) is 5.56 Å². The van der Waals surface area contributed by atoms with Gasteiger partial charge in [0.1, 0.15) is 12.5 Å².